The van der Waals surface area contributed by atoms with Gasteiger partial charge in [0.1, 0.15) is 0 Å². The van der Waals surface area contributed by atoms with Gasteiger partial charge >= 0.3 is 0 Å². The van der Waals surface area contributed by atoms with Crippen LogP contribution in [0.25, 0.3) is 60.7 Å². The topological polar surface area (TPSA) is 36.7 Å². The monoisotopic (exact) mass is 1370 g/mol. The molecule has 0 unspecified atom stereocenters. The van der Waals surface area contributed by atoms with E-state index in [1.807, 2.05) is 37.9 Å². The molecule has 9 aromatic carbocycles. The number of nitrogens with zero attached hydrogens (tertiary/aromatic N) is 5. The number of halogens is 1. The standard InChI is InChI=1S/C68H64BN4S.C13H11FN.Ir/c1-64(2,3)39-26-28-52-46(32-39)68(13,14)47-33-41(66(7,8)9)34-48-61(47)71(52)55-30-38(43-21-19-22-45-59(43)44-20-15-17-24-51(44)73-53-25-18-16-23-50(53)70-63(45)73)31-56-60(55)69(48)49-35-42(67(10,11)12)37-58-62(49)72(56)54-29-27-40(65(4,5)6)36-57(54)74-58;1-9-7-13(15-8-10(9)2)11-3-5-12(14)6-4-11;/h15-21,23-37H,1-14H3;3,5-8H,1-2H3;/q2*-1;. The molecule has 16 rings (SSSR count). The molecule has 7 heterocycles. The second-order valence-corrected chi connectivity index (χ2v) is 31.1. The Bertz CT molecular complexity index is 5010. The molecule has 12 aromatic rings. The minimum Gasteiger partial charge on any atom is -0.333 e. The van der Waals surface area contributed by atoms with Crippen molar-refractivity contribution in [3.05, 3.63) is 226 Å². The van der Waals surface area contributed by atoms with Gasteiger partial charge in [-0.25, -0.2) is 0 Å². The summed E-state index contributed by atoms with van der Waals surface area (Å²) in [4.78, 5) is 17.7. The first kappa shape index (κ1) is 59.8. The Morgan fingerprint density at radius 2 is 1.16 bits per heavy atom. The number of hydrogen-bond acceptors (Lipinski definition) is 5. The molecular formula is C81H75BFIrN5S-2. The molecule has 9 heteroatoms. The number of aromatic nitrogens is 3. The fraction of sp³-hybridized carbons (Fsp3) is 0.259. The molecule has 5 nitrogen and oxygen atoms in total. The SMILES string of the molecule is CC(C)(C)c1ccc2c(c1)Sc1cc(C(C)(C)C)cc3c1N2c1cc(-c2cc[c-]c4c2c2ccccc2n2c5ccccc5nc42)cc2c1B3c1cc(C(C)(C)C)cc3c1N2c1ccc(C(C)(C)C)cc1C3(C)C.Cc1cnc(-c2[c-]cc(F)cc2)cc1C.[Ir]. The number of pyridine rings is 2. The maximum atomic E-state index is 12.7. The van der Waals surface area contributed by atoms with Crippen LogP contribution >= 0.6 is 11.8 Å². The van der Waals surface area contributed by atoms with Crippen LogP contribution in [-0.2, 0) is 47.2 Å². The summed E-state index contributed by atoms with van der Waals surface area (Å²) >= 11 is 1.96. The maximum absolute atomic E-state index is 12.7. The van der Waals surface area contributed by atoms with E-state index in [1.54, 1.807) is 6.07 Å². The van der Waals surface area contributed by atoms with E-state index in [1.165, 1.54) is 133 Å². The Balaban J connectivity index is 0.000000388. The van der Waals surface area contributed by atoms with Gasteiger partial charge in [0.15, 0.2) is 0 Å². The number of para-hydroxylation sites is 3. The Kier molecular flexibility index (Phi) is 13.7. The first-order valence-corrected chi connectivity index (χ1v) is 32.3. The average molecular weight is 1370 g/mol. The van der Waals surface area contributed by atoms with Gasteiger partial charge in [0, 0.05) is 69.9 Å². The fourth-order valence-electron chi connectivity index (χ4n) is 14.4. The average Bonchev–Trinajstić information content (AvgIpc) is 0.787. The minimum absolute atomic E-state index is 0. The van der Waals surface area contributed by atoms with Gasteiger partial charge in [-0.15, -0.1) is 48.0 Å². The van der Waals surface area contributed by atoms with Crippen LogP contribution in [0.3, 0.4) is 0 Å². The second-order valence-electron chi connectivity index (χ2n) is 30.0. The van der Waals surface area contributed by atoms with Crippen molar-refractivity contribution in [2.24, 2.45) is 0 Å². The van der Waals surface area contributed by atoms with Gasteiger partial charge in [0.2, 0.25) is 0 Å². The molecule has 0 saturated carbocycles. The van der Waals surface area contributed by atoms with Crippen molar-refractivity contribution in [1.29, 1.82) is 0 Å². The van der Waals surface area contributed by atoms with Crippen molar-refractivity contribution >= 4 is 107 Å². The molecule has 451 valence electrons. The number of anilines is 6. The third kappa shape index (κ3) is 9.25. The molecule has 1 radical (unpaired) electrons. The molecule has 0 amide bonds. The van der Waals surface area contributed by atoms with Gasteiger partial charge in [0.25, 0.3) is 6.71 Å². The fourth-order valence-corrected chi connectivity index (χ4v) is 15.5. The predicted molar refractivity (Wildman–Crippen MR) is 375 cm³/mol. The van der Waals surface area contributed by atoms with Crippen molar-refractivity contribution < 1.29 is 24.5 Å². The van der Waals surface area contributed by atoms with E-state index in [0.717, 1.165) is 44.4 Å². The first-order chi connectivity index (χ1) is 42.1. The van der Waals surface area contributed by atoms with Crippen LogP contribution in [0.1, 0.15) is 141 Å². The smallest absolute Gasteiger partial charge is 0.252 e. The van der Waals surface area contributed by atoms with Crippen LogP contribution in [0.2, 0.25) is 0 Å². The molecule has 4 aliphatic rings. The van der Waals surface area contributed by atoms with Gasteiger partial charge in [-0.3, -0.25) is 9.37 Å². The van der Waals surface area contributed by atoms with E-state index < -0.39 is 0 Å². The third-order valence-corrected chi connectivity index (χ3v) is 20.7. The van der Waals surface area contributed by atoms with E-state index in [9.17, 15) is 4.39 Å². The number of benzene rings is 9. The maximum Gasteiger partial charge on any atom is 0.252 e. The number of hydrogen-bond donors (Lipinski definition) is 0. The zero-order chi connectivity index (χ0) is 62.3. The Hall–Kier alpha value is -7.81. The van der Waals surface area contributed by atoms with Gasteiger partial charge in [-0.05, 0) is 162 Å². The Labute approximate surface area is 548 Å². The summed E-state index contributed by atoms with van der Waals surface area (Å²) in [5.41, 5.74) is 30.1. The van der Waals surface area contributed by atoms with Crippen LogP contribution in [0, 0.1) is 31.8 Å². The normalized spacial score (nSPS) is 14.4. The van der Waals surface area contributed by atoms with Crippen LogP contribution < -0.4 is 26.2 Å². The molecule has 3 aromatic heterocycles. The summed E-state index contributed by atoms with van der Waals surface area (Å²) in [5.74, 6) is -0.275. The molecule has 90 heavy (non-hydrogen) atoms. The summed E-state index contributed by atoms with van der Waals surface area (Å²) in [7, 11) is 0. The number of aryl methyl sites for hydroxylation is 2. The van der Waals surface area contributed by atoms with E-state index in [4.69, 9.17) is 4.98 Å². The summed E-state index contributed by atoms with van der Waals surface area (Å²) in [6.45, 7) is 37.4. The van der Waals surface area contributed by atoms with E-state index in [0.29, 0.717) is 0 Å². The predicted octanol–water partition coefficient (Wildman–Crippen LogP) is 19.9. The first-order valence-electron chi connectivity index (χ1n) is 31.5. The molecule has 0 atom stereocenters. The zero-order valence-electron chi connectivity index (χ0n) is 54.5. The summed E-state index contributed by atoms with van der Waals surface area (Å²) in [6, 6.07) is 65.0. The molecular weight excluding hydrogens is 1300 g/mol. The van der Waals surface area contributed by atoms with Gasteiger partial charge in [-0.1, -0.05) is 203 Å². The van der Waals surface area contributed by atoms with Gasteiger partial charge in [0.05, 0.1) is 33.7 Å². The van der Waals surface area contributed by atoms with Gasteiger partial charge < -0.3 is 19.2 Å². The van der Waals surface area contributed by atoms with E-state index >= 15 is 0 Å². The van der Waals surface area contributed by atoms with Crippen LogP contribution in [-0.4, -0.2) is 21.1 Å². The Morgan fingerprint density at radius 3 is 1.82 bits per heavy atom. The third-order valence-electron chi connectivity index (χ3n) is 19.6. The molecule has 0 aliphatic carbocycles. The number of rotatable bonds is 2. The quantitative estimate of drug-likeness (QED) is 0.0979. The van der Waals surface area contributed by atoms with Crippen molar-refractivity contribution in [2.45, 2.75) is 148 Å². The molecule has 0 N–H and O–H groups in total. The van der Waals surface area contributed by atoms with E-state index in [-0.39, 0.29) is 59.7 Å². The minimum atomic E-state index is -0.285. The van der Waals surface area contributed by atoms with Crippen LogP contribution in [0.15, 0.2) is 174 Å². The van der Waals surface area contributed by atoms with Crippen LogP contribution in [0.5, 0.6) is 0 Å². The van der Waals surface area contributed by atoms with Crippen molar-refractivity contribution in [1.82, 2.24) is 14.4 Å². The second kappa shape index (κ2) is 20.6. The number of fused-ring (bicyclic) bond motifs is 16. The molecule has 0 saturated heterocycles. The van der Waals surface area contributed by atoms with Crippen molar-refractivity contribution in [3.8, 4) is 22.4 Å². The largest absolute Gasteiger partial charge is 0.333 e. The summed E-state index contributed by atoms with van der Waals surface area (Å²) < 4.78 is 15.0. The Morgan fingerprint density at radius 1 is 0.556 bits per heavy atom. The van der Waals surface area contributed by atoms with E-state index in [2.05, 4.69) is 262 Å². The van der Waals surface area contributed by atoms with Crippen LogP contribution in [0.4, 0.5) is 38.5 Å². The van der Waals surface area contributed by atoms with Crippen molar-refractivity contribution in [2.75, 3.05) is 9.80 Å². The zero-order valence-corrected chi connectivity index (χ0v) is 57.7. The van der Waals surface area contributed by atoms with Gasteiger partial charge in [-0.2, -0.15) is 0 Å². The molecule has 0 fully saturated rings. The number of imidazole rings is 1. The molecule has 0 bridgehead atoms. The molecule has 0 spiro atoms. The molecule has 4 aliphatic heterocycles. The summed E-state index contributed by atoms with van der Waals surface area (Å²) in [5, 5.41) is 3.39. The summed E-state index contributed by atoms with van der Waals surface area (Å²) in [6.07, 6.45) is 1.82. The van der Waals surface area contributed by atoms with Crippen molar-refractivity contribution in [3.63, 3.8) is 0 Å².